The van der Waals surface area contributed by atoms with E-state index in [1.54, 1.807) is 7.05 Å². The number of hydrogen-bond donors (Lipinski definition) is 2. The van der Waals surface area contributed by atoms with Gasteiger partial charge in [0.25, 0.3) is 5.95 Å². The van der Waals surface area contributed by atoms with Crippen LogP contribution in [-0.2, 0) is 4.84 Å². The van der Waals surface area contributed by atoms with Crippen LogP contribution in [0.25, 0.3) is 0 Å². The van der Waals surface area contributed by atoms with Crippen LogP contribution >= 0.6 is 12.4 Å². The maximum atomic E-state index is 5.33. The van der Waals surface area contributed by atoms with Crippen LogP contribution in [0.1, 0.15) is 20.3 Å². The first-order valence-corrected chi connectivity index (χ1v) is 6.25. The van der Waals surface area contributed by atoms with Gasteiger partial charge in [0, 0.05) is 13.6 Å². The summed E-state index contributed by atoms with van der Waals surface area (Å²) in [5.41, 5.74) is 0. The summed E-state index contributed by atoms with van der Waals surface area (Å²) in [7, 11) is 1.74. The van der Waals surface area contributed by atoms with Gasteiger partial charge < -0.3 is 10.6 Å². The Morgan fingerprint density at radius 1 is 1.20 bits per heavy atom. The van der Waals surface area contributed by atoms with Crippen molar-refractivity contribution in [3.63, 3.8) is 0 Å². The molecular weight excluding hydrogens is 280 g/mol. The van der Waals surface area contributed by atoms with Gasteiger partial charge in [-0.3, -0.25) is 4.84 Å². The predicted molar refractivity (Wildman–Crippen MR) is 83.2 cm³/mol. The van der Waals surface area contributed by atoms with Gasteiger partial charge in [-0.25, -0.2) is 5.06 Å². The molecule has 8 heteroatoms. The molecule has 0 aliphatic rings. The summed E-state index contributed by atoms with van der Waals surface area (Å²) in [6.45, 7) is 5.64. The molecule has 20 heavy (non-hydrogen) atoms. The third-order valence-electron chi connectivity index (χ3n) is 2.11. The Balaban J connectivity index is 0.00000361. The molecule has 0 unspecified atom stereocenters. The highest BCUT2D eigenvalue weighted by Crippen LogP contribution is 2.12. The molecule has 0 amide bonds. The smallest absolute Gasteiger partial charge is 0.256 e. The van der Waals surface area contributed by atoms with Gasteiger partial charge in [-0.15, -0.1) is 18.8 Å². The van der Waals surface area contributed by atoms with Crippen LogP contribution in [0.15, 0.2) is 0 Å². The van der Waals surface area contributed by atoms with Gasteiger partial charge in [-0.05, 0) is 13.3 Å². The van der Waals surface area contributed by atoms with Crippen LogP contribution in [-0.4, -0.2) is 41.7 Å². The Bertz CT molecular complexity index is 436. The van der Waals surface area contributed by atoms with Crippen molar-refractivity contribution >= 4 is 30.3 Å². The molecule has 0 aromatic carbocycles. The van der Waals surface area contributed by atoms with Crippen molar-refractivity contribution in [3.8, 4) is 12.3 Å². The van der Waals surface area contributed by atoms with Gasteiger partial charge in [0.15, 0.2) is 0 Å². The van der Waals surface area contributed by atoms with Gasteiger partial charge in [0.2, 0.25) is 11.9 Å². The second kappa shape index (κ2) is 10.1. The Kier molecular flexibility index (Phi) is 9.17. The van der Waals surface area contributed by atoms with Crippen molar-refractivity contribution < 1.29 is 4.84 Å². The number of aromatic nitrogens is 3. The SMILES string of the molecule is C#CCNc1nc(NCCC)nc(N(C)OCC)n1.Cl. The fourth-order valence-corrected chi connectivity index (χ4v) is 1.28. The number of terminal acetylenes is 1. The third-order valence-corrected chi connectivity index (χ3v) is 2.11. The molecule has 1 aromatic rings. The summed E-state index contributed by atoms with van der Waals surface area (Å²) in [6, 6.07) is 0. The Morgan fingerprint density at radius 3 is 2.40 bits per heavy atom. The number of rotatable bonds is 8. The molecule has 0 spiro atoms. The monoisotopic (exact) mass is 300 g/mol. The first-order chi connectivity index (χ1) is 9.21. The van der Waals surface area contributed by atoms with Gasteiger partial charge in [-0.2, -0.15) is 15.0 Å². The fourth-order valence-electron chi connectivity index (χ4n) is 1.28. The maximum Gasteiger partial charge on any atom is 0.256 e. The zero-order valence-corrected chi connectivity index (χ0v) is 12.8. The first kappa shape index (κ1) is 18.2. The summed E-state index contributed by atoms with van der Waals surface area (Å²) in [5.74, 6) is 3.82. The number of nitrogens with zero attached hydrogens (tertiary/aromatic N) is 4. The van der Waals surface area contributed by atoms with Crippen LogP contribution in [0, 0.1) is 12.3 Å². The minimum absolute atomic E-state index is 0. The summed E-state index contributed by atoms with van der Waals surface area (Å²) in [4.78, 5) is 18.1. The minimum atomic E-state index is 0. The molecule has 0 fully saturated rings. The van der Waals surface area contributed by atoms with E-state index in [9.17, 15) is 0 Å². The lowest BCUT2D eigenvalue weighted by atomic mass is 10.5. The van der Waals surface area contributed by atoms with Crippen LogP contribution < -0.4 is 15.7 Å². The van der Waals surface area contributed by atoms with Crippen LogP contribution in [0.5, 0.6) is 0 Å². The van der Waals surface area contributed by atoms with E-state index < -0.39 is 0 Å². The van der Waals surface area contributed by atoms with Crippen LogP contribution in [0.3, 0.4) is 0 Å². The van der Waals surface area contributed by atoms with Gasteiger partial charge in [0.05, 0.1) is 13.2 Å². The third kappa shape index (κ3) is 5.91. The molecule has 0 atom stereocenters. The van der Waals surface area contributed by atoms with Crippen LogP contribution in [0.2, 0.25) is 0 Å². The zero-order chi connectivity index (χ0) is 14.1. The quantitative estimate of drug-likeness (QED) is 0.557. The molecule has 0 radical (unpaired) electrons. The molecular formula is C12H21ClN6O. The lowest BCUT2D eigenvalue weighted by molar-refractivity contribution is 0.131. The molecule has 0 saturated heterocycles. The van der Waals surface area contributed by atoms with Gasteiger partial charge >= 0.3 is 0 Å². The molecule has 1 heterocycles. The summed E-state index contributed by atoms with van der Waals surface area (Å²) in [5, 5.41) is 7.54. The Labute approximate surface area is 125 Å². The molecule has 0 saturated carbocycles. The van der Waals surface area contributed by atoms with Crippen molar-refractivity contribution in [3.05, 3.63) is 0 Å². The van der Waals surface area contributed by atoms with E-state index in [0.717, 1.165) is 13.0 Å². The van der Waals surface area contributed by atoms with Gasteiger partial charge in [0.1, 0.15) is 0 Å². The normalized spacial score (nSPS) is 9.30. The van der Waals surface area contributed by atoms with E-state index in [4.69, 9.17) is 11.3 Å². The fraction of sp³-hybridized carbons (Fsp3) is 0.583. The molecule has 0 aliphatic carbocycles. The van der Waals surface area contributed by atoms with Crippen molar-refractivity contribution in [2.75, 3.05) is 42.4 Å². The Morgan fingerprint density at radius 2 is 1.85 bits per heavy atom. The van der Waals surface area contributed by atoms with Crippen molar-refractivity contribution in [2.24, 2.45) is 0 Å². The number of anilines is 3. The largest absolute Gasteiger partial charge is 0.354 e. The number of hydrogen-bond acceptors (Lipinski definition) is 7. The highest BCUT2D eigenvalue weighted by Gasteiger charge is 2.10. The van der Waals surface area contributed by atoms with Crippen molar-refractivity contribution in [1.29, 1.82) is 0 Å². The number of halogens is 1. The summed E-state index contributed by atoms with van der Waals surface area (Å²) < 4.78 is 0. The number of nitrogens with one attached hydrogen (secondary N) is 2. The maximum absolute atomic E-state index is 5.33. The van der Waals surface area contributed by atoms with Crippen molar-refractivity contribution in [2.45, 2.75) is 20.3 Å². The molecule has 112 valence electrons. The van der Waals surface area contributed by atoms with E-state index in [2.05, 4.69) is 38.4 Å². The molecule has 2 N–H and O–H groups in total. The highest BCUT2D eigenvalue weighted by atomic mass is 35.5. The topological polar surface area (TPSA) is 75.2 Å². The standard InChI is InChI=1S/C12H20N6O.ClH/c1-5-8-13-10-15-11(14-9-6-2)17-12(16-10)18(4)19-7-3;/h1H,6-9H2,2-4H3,(H2,13,14,15,16,17);1H. The molecule has 0 bridgehead atoms. The predicted octanol–water partition coefficient (Wildman–Crippen LogP) is 1.55. The first-order valence-electron chi connectivity index (χ1n) is 6.25. The van der Waals surface area contributed by atoms with E-state index in [0.29, 0.717) is 31.0 Å². The van der Waals surface area contributed by atoms with Crippen molar-refractivity contribution in [1.82, 2.24) is 15.0 Å². The zero-order valence-electron chi connectivity index (χ0n) is 12.0. The lowest BCUT2D eigenvalue weighted by Crippen LogP contribution is -2.22. The average molecular weight is 301 g/mol. The molecule has 1 rings (SSSR count). The molecule has 7 nitrogen and oxygen atoms in total. The highest BCUT2D eigenvalue weighted by molar-refractivity contribution is 5.85. The van der Waals surface area contributed by atoms with E-state index in [-0.39, 0.29) is 12.4 Å². The van der Waals surface area contributed by atoms with Gasteiger partial charge in [-0.1, -0.05) is 12.8 Å². The van der Waals surface area contributed by atoms with E-state index in [1.165, 1.54) is 5.06 Å². The summed E-state index contributed by atoms with van der Waals surface area (Å²) >= 11 is 0. The lowest BCUT2D eigenvalue weighted by Gasteiger charge is -2.17. The number of hydroxylamine groups is 1. The molecule has 1 aromatic heterocycles. The Hall–Kier alpha value is -1.78. The second-order valence-corrected chi connectivity index (χ2v) is 3.68. The summed E-state index contributed by atoms with van der Waals surface area (Å²) in [6.07, 6.45) is 6.19. The minimum Gasteiger partial charge on any atom is -0.354 e. The average Bonchev–Trinajstić information content (AvgIpc) is 2.43. The van der Waals surface area contributed by atoms with E-state index >= 15 is 0 Å². The van der Waals surface area contributed by atoms with E-state index in [1.807, 2.05) is 6.92 Å². The molecule has 0 aliphatic heterocycles. The second-order valence-electron chi connectivity index (χ2n) is 3.68. The van der Waals surface area contributed by atoms with Crippen LogP contribution in [0.4, 0.5) is 17.8 Å².